The summed E-state index contributed by atoms with van der Waals surface area (Å²) in [5.41, 5.74) is 14.9. The Morgan fingerprint density at radius 3 is 1.60 bits per heavy atom. The van der Waals surface area contributed by atoms with Crippen LogP contribution < -0.4 is 4.90 Å². The molecular formula is C55H37N3. The average molecular weight is 740 g/mol. The Labute approximate surface area is 336 Å². The van der Waals surface area contributed by atoms with Crippen LogP contribution in [0.25, 0.3) is 60.4 Å². The van der Waals surface area contributed by atoms with Gasteiger partial charge in [-0.3, -0.25) is 0 Å². The quantitative estimate of drug-likeness (QED) is 0.165. The van der Waals surface area contributed by atoms with E-state index in [1.54, 1.807) is 0 Å². The first-order valence-electron chi connectivity index (χ1n) is 20.0. The summed E-state index contributed by atoms with van der Waals surface area (Å²) >= 11 is 0. The van der Waals surface area contributed by atoms with Crippen molar-refractivity contribution in [1.29, 1.82) is 0 Å². The van der Waals surface area contributed by atoms with Gasteiger partial charge in [-0.2, -0.15) is 0 Å². The van der Waals surface area contributed by atoms with E-state index in [0.717, 1.165) is 22.7 Å². The molecule has 3 nitrogen and oxygen atoms in total. The van der Waals surface area contributed by atoms with E-state index in [1.807, 2.05) is 0 Å². The Kier molecular flexibility index (Phi) is 7.14. The summed E-state index contributed by atoms with van der Waals surface area (Å²) in [4.78, 5) is 2.47. The molecule has 272 valence electrons. The van der Waals surface area contributed by atoms with Gasteiger partial charge in [-0.05, 0) is 88.5 Å². The lowest BCUT2D eigenvalue weighted by Gasteiger charge is -2.37. The molecule has 0 saturated carbocycles. The molecule has 0 saturated heterocycles. The topological polar surface area (TPSA) is 13.1 Å². The first-order valence-corrected chi connectivity index (χ1v) is 20.0. The second kappa shape index (κ2) is 12.7. The van der Waals surface area contributed by atoms with Crippen LogP contribution in [0.4, 0.5) is 17.1 Å². The van der Waals surface area contributed by atoms with Crippen LogP contribution in [-0.4, -0.2) is 9.13 Å². The highest BCUT2D eigenvalue weighted by Crippen LogP contribution is 2.57. The number of rotatable bonds is 6. The van der Waals surface area contributed by atoms with Crippen molar-refractivity contribution in [3.8, 4) is 16.8 Å². The summed E-state index contributed by atoms with van der Waals surface area (Å²) in [6.45, 7) is 0. The number of hydrogen-bond donors (Lipinski definition) is 0. The molecule has 11 aromatic rings. The number of fused-ring (bicyclic) bond motifs is 9. The first kappa shape index (κ1) is 32.6. The summed E-state index contributed by atoms with van der Waals surface area (Å²) < 4.78 is 5.06. The lowest BCUT2D eigenvalue weighted by Crippen LogP contribution is -2.36. The van der Waals surface area contributed by atoms with Crippen LogP contribution >= 0.6 is 0 Å². The molecule has 9 aromatic carbocycles. The van der Waals surface area contributed by atoms with Crippen molar-refractivity contribution in [3.63, 3.8) is 0 Å². The van der Waals surface area contributed by atoms with Crippen molar-refractivity contribution >= 4 is 60.7 Å². The Morgan fingerprint density at radius 2 is 0.897 bits per heavy atom. The highest BCUT2D eigenvalue weighted by Gasteiger charge is 2.48. The molecule has 1 aliphatic carbocycles. The van der Waals surface area contributed by atoms with Crippen molar-refractivity contribution in [1.82, 2.24) is 9.13 Å². The maximum absolute atomic E-state index is 2.67. The normalized spacial score (nSPS) is 13.0. The lowest BCUT2D eigenvalue weighted by atomic mass is 9.80. The van der Waals surface area contributed by atoms with Gasteiger partial charge in [0.05, 0.1) is 27.8 Å². The minimum absolute atomic E-state index is 0.665. The third kappa shape index (κ3) is 4.50. The summed E-state index contributed by atoms with van der Waals surface area (Å²) in [6, 6.07) is 82.3. The van der Waals surface area contributed by atoms with Crippen LogP contribution in [0.5, 0.6) is 0 Å². The summed E-state index contributed by atoms with van der Waals surface area (Å²) in [6.07, 6.45) is 0. The molecule has 0 fully saturated rings. The van der Waals surface area contributed by atoms with Crippen molar-refractivity contribution in [2.75, 3.05) is 4.90 Å². The third-order valence-electron chi connectivity index (χ3n) is 12.3. The number of anilines is 3. The van der Waals surface area contributed by atoms with Crippen LogP contribution in [-0.2, 0) is 5.54 Å². The van der Waals surface area contributed by atoms with Crippen molar-refractivity contribution in [2.45, 2.75) is 5.54 Å². The van der Waals surface area contributed by atoms with E-state index in [2.05, 4.69) is 238 Å². The number of hydrogen-bond acceptors (Lipinski definition) is 1. The van der Waals surface area contributed by atoms with E-state index in [9.17, 15) is 0 Å². The van der Waals surface area contributed by atoms with E-state index in [1.165, 1.54) is 71.4 Å². The van der Waals surface area contributed by atoms with Crippen LogP contribution in [0.2, 0.25) is 0 Å². The molecule has 2 aromatic heterocycles. The van der Waals surface area contributed by atoms with Gasteiger partial charge in [0.1, 0.15) is 5.54 Å². The molecular weight excluding hydrogens is 703 g/mol. The van der Waals surface area contributed by atoms with Gasteiger partial charge in [0, 0.05) is 38.6 Å². The zero-order valence-electron chi connectivity index (χ0n) is 31.7. The number of aromatic nitrogens is 2. The molecule has 12 rings (SSSR count). The van der Waals surface area contributed by atoms with Crippen LogP contribution in [0.15, 0.2) is 224 Å². The maximum atomic E-state index is 2.67. The Bertz CT molecular complexity index is 3290. The van der Waals surface area contributed by atoms with E-state index in [-0.39, 0.29) is 0 Å². The van der Waals surface area contributed by atoms with Crippen molar-refractivity contribution < 1.29 is 0 Å². The van der Waals surface area contributed by atoms with Crippen molar-refractivity contribution in [2.24, 2.45) is 0 Å². The van der Waals surface area contributed by atoms with Gasteiger partial charge in [0.25, 0.3) is 0 Å². The van der Waals surface area contributed by atoms with Gasteiger partial charge < -0.3 is 14.0 Å². The van der Waals surface area contributed by atoms with Gasteiger partial charge in [0.2, 0.25) is 0 Å². The highest BCUT2D eigenvalue weighted by molar-refractivity contribution is 6.15. The predicted molar refractivity (Wildman–Crippen MR) is 242 cm³/mol. The molecule has 3 heteroatoms. The lowest BCUT2D eigenvalue weighted by molar-refractivity contribution is 0.564. The Hall–Kier alpha value is -7.62. The molecule has 0 aliphatic heterocycles. The van der Waals surface area contributed by atoms with Crippen LogP contribution in [0.3, 0.4) is 0 Å². The number of para-hydroxylation sites is 5. The van der Waals surface area contributed by atoms with Gasteiger partial charge >= 0.3 is 0 Å². The first-order chi connectivity index (χ1) is 28.8. The Balaban J connectivity index is 1.22. The molecule has 2 heterocycles. The van der Waals surface area contributed by atoms with E-state index in [0.29, 0.717) is 0 Å². The van der Waals surface area contributed by atoms with Gasteiger partial charge in [-0.15, -0.1) is 0 Å². The van der Waals surface area contributed by atoms with Gasteiger partial charge in [-0.25, -0.2) is 0 Å². The fourth-order valence-electron chi connectivity index (χ4n) is 10.1. The largest absolute Gasteiger partial charge is 0.320 e. The number of benzene rings is 9. The predicted octanol–water partition coefficient (Wildman–Crippen LogP) is 14.2. The summed E-state index contributed by atoms with van der Waals surface area (Å²) in [5, 5.41) is 4.88. The van der Waals surface area contributed by atoms with Crippen molar-refractivity contribution in [3.05, 3.63) is 241 Å². The standard InChI is InChI=1S/C55H37N3/c1-4-19-38(20-5-1)55(48-30-14-10-25-42(48)43-26-11-15-31-49(43)55)58-52-33-17-13-27-44(52)46-29-18-34-53(54(46)58)56(39-21-6-2-7-22-39)41-35-36-51-47(37-41)45-28-12-16-32-50(45)57(51)40-23-8-3-9-24-40/h1-37H. The minimum Gasteiger partial charge on any atom is -0.320 e. The zero-order valence-corrected chi connectivity index (χ0v) is 31.7. The number of nitrogens with zero attached hydrogens (tertiary/aromatic N) is 3. The second-order valence-corrected chi connectivity index (χ2v) is 15.3. The second-order valence-electron chi connectivity index (χ2n) is 15.3. The molecule has 0 N–H and O–H groups in total. The molecule has 0 radical (unpaired) electrons. The summed E-state index contributed by atoms with van der Waals surface area (Å²) in [5.74, 6) is 0. The van der Waals surface area contributed by atoms with E-state index >= 15 is 0 Å². The fourth-order valence-corrected chi connectivity index (χ4v) is 10.1. The molecule has 0 atom stereocenters. The van der Waals surface area contributed by atoms with Gasteiger partial charge in [-0.1, -0.05) is 164 Å². The molecule has 58 heavy (non-hydrogen) atoms. The molecule has 0 unspecified atom stereocenters. The molecule has 1 aliphatic rings. The van der Waals surface area contributed by atoms with E-state index in [4.69, 9.17) is 0 Å². The average Bonchev–Trinajstić information content (AvgIpc) is 3.92. The monoisotopic (exact) mass is 739 g/mol. The summed E-state index contributed by atoms with van der Waals surface area (Å²) in [7, 11) is 0. The third-order valence-corrected chi connectivity index (χ3v) is 12.3. The molecule has 0 bridgehead atoms. The van der Waals surface area contributed by atoms with E-state index < -0.39 is 5.54 Å². The molecule has 0 amide bonds. The van der Waals surface area contributed by atoms with Gasteiger partial charge in [0.15, 0.2) is 0 Å². The zero-order chi connectivity index (χ0) is 38.2. The fraction of sp³-hybridized carbons (Fsp3) is 0.0182. The minimum atomic E-state index is -0.665. The Morgan fingerprint density at radius 1 is 0.362 bits per heavy atom. The maximum Gasteiger partial charge on any atom is 0.122 e. The van der Waals surface area contributed by atoms with Crippen LogP contribution in [0, 0.1) is 0 Å². The highest BCUT2D eigenvalue weighted by atomic mass is 15.2. The SMILES string of the molecule is c1ccc(N(c2ccc3c(c2)c2ccccc2n3-c2ccccc2)c2cccc3c4ccccc4n(C4(c5ccccc5)c5ccccc5-c5ccccc54)c23)cc1. The molecule has 0 spiro atoms. The smallest absolute Gasteiger partial charge is 0.122 e. The van der Waals surface area contributed by atoms with Crippen LogP contribution in [0.1, 0.15) is 16.7 Å².